The molecule has 0 fully saturated rings. The molecule has 5 heteroatoms. The van der Waals surface area contributed by atoms with Crippen LogP contribution in [0.15, 0.2) is 41.0 Å². The molecule has 0 spiro atoms. The van der Waals surface area contributed by atoms with Gasteiger partial charge in [-0.3, -0.25) is 0 Å². The summed E-state index contributed by atoms with van der Waals surface area (Å²) in [6.45, 7) is 2.10. The molecule has 0 amide bonds. The number of methoxy groups -OCH3 is 1. The zero-order chi connectivity index (χ0) is 14.1. The number of rotatable bonds is 4. The second kappa shape index (κ2) is 4.92. The summed E-state index contributed by atoms with van der Waals surface area (Å²) in [6, 6.07) is 9.83. The Morgan fingerprint density at radius 2 is 2.20 bits per heavy atom. The molecule has 0 radical (unpaired) electrons. The number of hydrogen-bond donors (Lipinski definition) is 1. The molecule has 0 bridgehead atoms. The van der Waals surface area contributed by atoms with Gasteiger partial charge < -0.3 is 19.5 Å². The van der Waals surface area contributed by atoms with Crippen molar-refractivity contribution in [2.75, 3.05) is 12.8 Å². The van der Waals surface area contributed by atoms with Gasteiger partial charge in [0.1, 0.15) is 17.0 Å². The molecule has 3 aromatic rings. The highest BCUT2D eigenvalue weighted by Crippen LogP contribution is 2.30. The van der Waals surface area contributed by atoms with Crippen LogP contribution in [0.5, 0.6) is 5.75 Å². The molecular weight excluding hydrogens is 254 g/mol. The van der Waals surface area contributed by atoms with E-state index in [9.17, 15) is 0 Å². The number of aromatic nitrogens is 2. The summed E-state index contributed by atoms with van der Waals surface area (Å²) >= 11 is 0. The number of anilines is 1. The molecule has 0 aliphatic rings. The van der Waals surface area contributed by atoms with Gasteiger partial charge in [0.2, 0.25) is 5.95 Å². The van der Waals surface area contributed by atoms with Crippen LogP contribution in [0.2, 0.25) is 0 Å². The number of hydrogen-bond acceptors (Lipinski definition) is 4. The van der Waals surface area contributed by atoms with Gasteiger partial charge in [-0.25, -0.2) is 4.98 Å². The van der Waals surface area contributed by atoms with Crippen molar-refractivity contribution < 1.29 is 9.15 Å². The molecule has 2 heterocycles. The Labute approximate surface area is 117 Å². The van der Waals surface area contributed by atoms with Gasteiger partial charge in [0.15, 0.2) is 0 Å². The highest BCUT2D eigenvalue weighted by atomic mass is 16.5. The smallest absolute Gasteiger partial charge is 0.201 e. The van der Waals surface area contributed by atoms with Crippen LogP contribution in [0.3, 0.4) is 0 Å². The quantitative estimate of drug-likeness (QED) is 0.792. The van der Waals surface area contributed by atoms with Crippen LogP contribution in [0.1, 0.15) is 18.7 Å². The number of fused-ring (bicyclic) bond motifs is 1. The summed E-state index contributed by atoms with van der Waals surface area (Å²) in [4.78, 5) is 4.42. The number of para-hydroxylation sites is 1. The van der Waals surface area contributed by atoms with Crippen molar-refractivity contribution in [3.05, 3.63) is 42.4 Å². The average molecular weight is 271 g/mol. The number of nitrogens with zero attached hydrogens (tertiary/aromatic N) is 2. The second-order valence-electron chi connectivity index (χ2n) is 4.80. The highest BCUT2D eigenvalue weighted by molar-refractivity contribution is 5.84. The standard InChI is InChI=1S/C15H17N3O2/c1-10(9-11-5-4-8-20-11)18-12-6-3-7-13(19-2)14(12)17-15(18)16/h3-8,10H,9H2,1-2H3,(H2,16,17). The van der Waals surface area contributed by atoms with Crippen LogP contribution in [0.25, 0.3) is 11.0 Å². The van der Waals surface area contributed by atoms with E-state index in [4.69, 9.17) is 14.9 Å². The molecule has 0 saturated carbocycles. The van der Waals surface area contributed by atoms with Crippen molar-refractivity contribution in [3.8, 4) is 5.75 Å². The lowest BCUT2D eigenvalue weighted by Crippen LogP contribution is -2.11. The zero-order valence-corrected chi connectivity index (χ0v) is 11.5. The summed E-state index contributed by atoms with van der Waals surface area (Å²) in [7, 11) is 1.64. The molecule has 5 nitrogen and oxygen atoms in total. The third-order valence-electron chi connectivity index (χ3n) is 3.45. The topological polar surface area (TPSA) is 66.2 Å². The van der Waals surface area contributed by atoms with Gasteiger partial charge in [-0.2, -0.15) is 0 Å². The van der Waals surface area contributed by atoms with Crippen LogP contribution in [0, 0.1) is 0 Å². The van der Waals surface area contributed by atoms with Crippen LogP contribution in [-0.4, -0.2) is 16.7 Å². The van der Waals surface area contributed by atoms with E-state index in [-0.39, 0.29) is 6.04 Å². The molecule has 2 aromatic heterocycles. The maximum Gasteiger partial charge on any atom is 0.201 e. The van der Waals surface area contributed by atoms with Crippen molar-refractivity contribution in [2.24, 2.45) is 0 Å². The van der Waals surface area contributed by atoms with Gasteiger partial charge in [0.25, 0.3) is 0 Å². The van der Waals surface area contributed by atoms with Crippen molar-refractivity contribution in [3.63, 3.8) is 0 Å². The van der Waals surface area contributed by atoms with Gasteiger partial charge in [0, 0.05) is 12.5 Å². The van der Waals surface area contributed by atoms with Gasteiger partial charge in [-0.15, -0.1) is 0 Å². The van der Waals surface area contributed by atoms with E-state index in [1.54, 1.807) is 13.4 Å². The van der Waals surface area contributed by atoms with E-state index >= 15 is 0 Å². The molecule has 2 N–H and O–H groups in total. The lowest BCUT2D eigenvalue weighted by atomic mass is 10.2. The van der Waals surface area contributed by atoms with Crippen molar-refractivity contribution >= 4 is 17.0 Å². The SMILES string of the molecule is COc1cccc2c1nc(N)n2C(C)Cc1ccco1. The Balaban J connectivity index is 2.04. The van der Waals surface area contributed by atoms with Crippen LogP contribution < -0.4 is 10.5 Å². The molecular formula is C15H17N3O2. The number of imidazole rings is 1. The van der Waals surface area contributed by atoms with E-state index in [2.05, 4.69) is 11.9 Å². The summed E-state index contributed by atoms with van der Waals surface area (Å²) in [6.07, 6.45) is 2.44. The molecule has 0 aliphatic carbocycles. The third kappa shape index (κ3) is 2.01. The maximum atomic E-state index is 6.07. The maximum absolute atomic E-state index is 6.07. The Morgan fingerprint density at radius 1 is 1.35 bits per heavy atom. The number of ether oxygens (including phenoxy) is 1. The molecule has 0 saturated heterocycles. The van der Waals surface area contributed by atoms with E-state index < -0.39 is 0 Å². The second-order valence-corrected chi connectivity index (χ2v) is 4.80. The predicted molar refractivity (Wildman–Crippen MR) is 77.8 cm³/mol. The van der Waals surface area contributed by atoms with Crippen molar-refractivity contribution in [1.29, 1.82) is 0 Å². The first-order valence-corrected chi connectivity index (χ1v) is 6.53. The van der Waals surface area contributed by atoms with E-state index in [1.165, 1.54) is 0 Å². The van der Waals surface area contributed by atoms with Gasteiger partial charge in [0.05, 0.1) is 18.9 Å². The largest absolute Gasteiger partial charge is 0.494 e. The first kappa shape index (κ1) is 12.6. The average Bonchev–Trinajstić information content (AvgIpc) is 3.04. The van der Waals surface area contributed by atoms with E-state index in [0.29, 0.717) is 5.95 Å². The Bertz CT molecular complexity index is 716. The summed E-state index contributed by atoms with van der Waals surface area (Å²) in [5, 5.41) is 0. The summed E-state index contributed by atoms with van der Waals surface area (Å²) in [5.74, 6) is 2.16. The van der Waals surface area contributed by atoms with Crippen LogP contribution in [0.4, 0.5) is 5.95 Å². The minimum absolute atomic E-state index is 0.151. The first-order valence-electron chi connectivity index (χ1n) is 6.53. The third-order valence-corrected chi connectivity index (χ3v) is 3.45. The van der Waals surface area contributed by atoms with Gasteiger partial charge >= 0.3 is 0 Å². The molecule has 1 aromatic carbocycles. The fraction of sp³-hybridized carbons (Fsp3) is 0.267. The lowest BCUT2D eigenvalue weighted by Gasteiger charge is -2.14. The first-order chi connectivity index (χ1) is 9.70. The predicted octanol–water partition coefficient (Wildman–Crippen LogP) is 3.02. The van der Waals surface area contributed by atoms with Crippen LogP contribution in [-0.2, 0) is 6.42 Å². The van der Waals surface area contributed by atoms with E-state index in [0.717, 1.165) is 29.0 Å². The van der Waals surface area contributed by atoms with E-state index in [1.807, 2.05) is 34.9 Å². The fourth-order valence-electron chi connectivity index (χ4n) is 2.55. The van der Waals surface area contributed by atoms with Crippen LogP contribution >= 0.6 is 0 Å². The Kier molecular flexibility index (Phi) is 3.10. The number of nitrogen functional groups attached to an aromatic ring is 1. The minimum atomic E-state index is 0.151. The number of nitrogens with two attached hydrogens (primary N) is 1. The Morgan fingerprint density at radius 3 is 2.90 bits per heavy atom. The van der Waals surface area contributed by atoms with Gasteiger partial charge in [-0.1, -0.05) is 6.07 Å². The zero-order valence-electron chi connectivity index (χ0n) is 11.5. The fourth-order valence-corrected chi connectivity index (χ4v) is 2.55. The molecule has 104 valence electrons. The lowest BCUT2D eigenvalue weighted by molar-refractivity contribution is 0.419. The van der Waals surface area contributed by atoms with Gasteiger partial charge in [-0.05, 0) is 31.2 Å². The molecule has 3 rings (SSSR count). The molecule has 1 unspecified atom stereocenters. The Hall–Kier alpha value is -2.43. The number of benzene rings is 1. The highest BCUT2D eigenvalue weighted by Gasteiger charge is 2.17. The molecule has 0 aliphatic heterocycles. The number of furan rings is 1. The molecule has 1 atom stereocenters. The van der Waals surface area contributed by atoms with Crippen molar-refractivity contribution in [2.45, 2.75) is 19.4 Å². The normalized spacial score (nSPS) is 12.7. The molecule has 20 heavy (non-hydrogen) atoms. The summed E-state index contributed by atoms with van der Waals surface area (Å²) in [5.41, 5.74) is 7.84. The van der Waals surface area contributed by atoms with Crippen molar-refractivity contribution in [1.82, 2.24) is 9.55 Å². The minimum Gasteiger partial charge on any atom is -0.494 e. The monoisotopic (exact) mass is 271 g/mol. The summed E-state index contributed by atoms with van der Waals surface area (Å²) < 4.78 is 12.7.